The Hall–Kier alpha value is -2.56. The van der Waals surface area contributed by atoms with E-state index in [0.717, 1.165) is 19.3 Å². The van der Waals surface area contributed by atoms with Crippen LogP contribution >= 0.6 is 0 Å². The third-order valence-electron chi connectivity index (χ3n) is 3.87. The van der Waals surface area contributed by atoms with E-state index in [9.17, 15) is 9.59 Å². The molecule has 1 aromatic heterocycles. The van der Waals surface area contributed by atoms with E-state index in [0.29, 0.717) is 23.6 Å². The van der Waals surface area contributed by atoms with Crippen LogP contribution in [0.25, 0.3) is 0 Å². The van der Waals surface area contributed by atoms with Crippen LogP contribution in [0.5, 0.6) is 0 Å². The van der Waals surface area contributed by atoms with Crippen molar-refractivity contribution in [2.24, 2.45) is 5.92 Å². The summed E-state index contributed by atoms with van der Waals surface area (Å²) in [5.41, 5.74) is 1.17. The first-order chi connectivity index (χ1) is 10.7. The van der Waals surface area contributed by atoms with Gasteiger partial charge < -0.3 is 15.1 Å². The van der Waals surface area contributed by atoms with E-state index in [4.69, 9.17) is 4.42 Å². The quantitative estimate of drug-likeness (QED) is 0.891. The SMILES string of the molecule is O=C(NCc1ccco1)c1cccc(NC(=O)C2CCC2)c1. The molecule has 5 nitrogen and oxygen atoms in total. The van der Waals surface area contributed by atoms with Crippen LogP contribution in [-0.4, -0.2) is 11.8 Å². The maximum absolute atomic E-state index is 12.1. The van der Waals surface area contributed by atoms with Gasteiger partial charge in [0.05, 0.1) is 12.8 Å². The molecule has 1 saturated carbocycles. The molecule has 0 atom stereocenters. The predicted octanol–water partition coefficient (Wildman–Crippen LogP) is 2.95. The second-order valence-corrected chi connectivity index (χ2v) is 5.46. The Balaban J connectivity index is 1.59. The van der Waals surface area contributed by atoms with Gasteiger partial charge in [0.15, 0.2) is 0 Å². The highest BCUT2D eigenvalue weighted by Crippen LogP contribution is 2.27. The molecule has 1 aromatic carbocycles. The van der Waals surface area contributed by atoms with Crippen molar-refractivity contribution in [2.75, 3.05) is 5.32 Å². The van der Waals surface area contributed by atoms with E-state index in [1.165, 1.54) is 0 Å². The second kappa shape index (κ2) is 6.47. The van der Waals surface area contributed by atoms with Crippen molar-refractivity contribution in [1.29, 1.82) is 0 Å². The molecule has 1 heterocycles. The molecule has 0 saturated heterocycles. The van der Waals surface area contributed by atoms with Crippen LogP contribution in [-0.2, 0) is 11.3 Å². The van der Waals surface area contributed by atoms with E-state index in [1.54, 1.807) is 42.7 Å². The lowest BCUT2D eigenvalue weighted by molar-refractivity contribution is -0.122. The highest BCUT2D eigenvalue weighted by molar-refractivity contribution is 5.97. The lowest BCUT2D eigenvalue weighted by Gasteiger charge is -2.24. The Morgan fingerprint density at radius 2 is 2.05 bits per heavy atom. The number of carbonyl (C=O) groups excluding carboxylic acids is 2. The van der Waals surface area contributed by atoms with Gasteiger partial charge >= 0.3 is 0 Å². The van der Waals surface area contributed by atoms with Gasteiger partial charge in [-0.05, 0) is 43.2 Å². The smallest absolute Gasteiger partial charge is 0.251 e. The monoisotopic (exact) mass is 298 g/mol. The molecule has 5 heteroatoms. The molecular weight excluding hydrogens is 280 g/mol. The topological polar surface area (TPSA) is 71.3 Å². The van der Waals surface area contributed by atoms with Crippen LogP contribution in [0, 0.1) is 5.92 Å². The first kappa shape index (κ1) is 14.4. The summed E-state index contributed by atoms with van der Waals surface area (Å²) in [7, 11) is 0. The first-order valence-corrected chi connectivity index (χ1v) is 7.44. The molecule has 2 N–H and O–H groups in total. The molecule has 0 aliphatic heterocycles. The van der Waals surface area contributed by atoms with Crippen LogP contribution in [0.1, 0.15) is 35.4 Å². The fourth-order valence-electron chi connectivity index (χ4n) is 2.34. The van der Waals surface area contributed by atoms with Crippen LogP contribution in [0.4, 0.5) is 5.69 Å². The molecule has 1 aliphatic carbocycles. The fourth-order valence-corrected chi connectivity index (χ4v) is 2.34. The zero-order valence-electron chi connectivity index (χ0n) is 12.2. The van der Waals surface area contributed by atoms with Gasteiger partial charge in [-0.2, -0.15) is 0 Å². The minimum atomic E-state index is -0.198. The molecule has 22 heavy (non-hydrogen) atoms. The standard InChI is InChI=1S/C17H18N2O3/c20-16(18-11-15-8-3-9-22-15)13-6-2-7-14(10-13)19-17(21)12-4-1-5-12/h2-3,6-10,12H,1,4-5,11H2,(H,18,20)(H,19,21). The lowest BCUT2D eigenvalue weighted by atomic mass is 9.85. The minimum absolute atomic E-state index is 0.0411. The van der Waals surface area contributed by atoms with Crippen LogP contribution < -0.4 is 10.6 Å². The van der Waals surface area contributed by atoms with Crippen molar-refractivity contribution in [1.82, 2.24) is 5.32 Å². The molecule has 1 aliphatic rings. The molecular formula is C17H18N2O3. The molecule has 0 spiro atoms. The maximum Gasteiger partial charge on any atom is 0.251 e. The largest absolute Gasteiger partial charge is 0.467 e. The Kier molecular flexibility index (Phi) is 4.23. The number of benzene rings is 1. The summed E-state index contributed by atoms with van der Waals surface area (Å²) in [5.74, 6) is 0.662. The van der Waals surface area contributed by atoms with Gasteiger partial charge in [0.2, 0.25) is 5.91 Å². The summed E-state index contributed by atoms with van der Waals surface area (Å²) >= 11 is 0. The summed E-state index contributed by atoms with van der Waals surface area (Å²) in [5, 5.41) is 5.65. The summed E-state index contributed by atoms with van der Waals surface area (Å²) in [4.78, 5) is 24.0. The molecule has 114 valence electrons. The molecule has 1 fully saturated rings. The van der Waals surface area contributed by atoms with Gasteiger partial charge in [0.25, 0.3) is 5.91 Å². The van der Waals surface area contributed by atoms with Crippen molar-refractivity contribution in [3.63, 3.8) is 0 Å². The van der Waals surface area contributed by atoms with Crippen molar-refractivity contribution < 1.29 is 14.0 Å². The molecule has 0 unspecified atom stereocenters. The van der Waals surface area contributed by atoms with Gasteiger partial charge in [-0.1, -0.05) is 12.5 Å². The number of nitrogens with one attached hydrogen (secondary N) is 2. The average molecular weight is 298 g/mol. The minimum Gasteiger partial charge on any atom is -0.467 e. The third-order valence-corrected chi connectivity index (χ3v) is 3.87. The third kappa shape index (κ3) is 3.36. The van der Waals surface area contributed by atoms with E-state index < -0.39 is 0 Å². The van der Waals surface area contributed by atoms with E-state index in [2.05, 4.69) is 10.6 Å². The normalized spacial score (nSPS) is 14.2. The van der Waals surface area contributed by atoms with Crippen molar-refractivity contribution >= 4 is 17.5 Å². The van der Waals surface area contributed by atoms with E-state index in [1.807, 2.05) is 0 Å². The zero-order chi connectivity index (χ0) is 15.4. The van der Waals surface area contributed by atoms with Crippen molar-refractivity contribution in [2.45, 2.75) is 25.8 Å². The molecule has 3 rings (SSSR count). The predicted molar refractivity (Wildman–Crippen MR) is 82.3 cm³/mol. The highest BCUT2D eigenvalue weighted by atomic mass is 16.3. The van der Waals surface area contributed by atoms with Gasteiger partial charge in [-0.25, -0.2) is 0 Å². The number of hydrogen-bond donors (Lipinski definition) is 2. The second-order valence-electron chi connectivity index (χ2n) is 5.46. The molecule has 0 radical (unpaired) electrons. The number of carbonyl (C=O) groups is 2. The maximum atomic E-state index is 12.1. The van der Waals surface area contributed by atoms with Crippen molar-refractivity contribution in [3.05, 3.63) is 54.0 Å². The summed E-state index contributed by atoms with van der Waals surface area (Å²) in [6, 6.07) is 10.5. The summed E-state index contributed by atoms with van der Waals surface area (Å²) < 4.78 is 5.17. The number of amides is 2. The Labute approximate surface area is 128 Å². The fraction of sp³-hybridized carbons (Fsp3) is 0.294. The number of hydrogen-bond acceptors (Lipinski definition) is 3. The van der Waals surface area contributed by atoms with Crippen LogP contribution in [0.15, 0.2) is 47.1 Å². The Morgan fingerprint density at radius 1 is 1.18 bits per heavy atom. The zero-order valence-corrected chi connectivity index (χ0v) is 12.2. The van der Waals surface area contributed by atoms with Crippen molar-refractivity contribution in [3.8, 4) is 0 Å². The molecule has 2 aromatic rings. The van der Waals surface area contributed by atoms with Gasteiger partial charge in [-0.15, -0.1) is 0 Å². The number of rotatable bonds is 5. The van der Waals surface area contributed by atoms with Crippen LogP contribution in [0.2, 0.25) is 0 Å². The van der Waals surface area contributed by atoms with Gasteiger partial charge in [0.1, 0.15) is 5.76 Å². The molecule has 0 bridgehead atoms. The Bertz CT molecular complexity index is 660. The summed E-state index contributed by atoms with van der Waals surface area (Å²) in [6.07, 6.45) is 4.59. The van der Waals surface area contributed by atoms with Crippen LogP contribution in [0.3, 0.4) is 0 Å². The average Bonchev–Trinajstić information content (AvgIpc) is 2.96. The number of anilines is 1. The lowest BCUT2D eigenvalue weighted by Crippen LogP contribution is -2.28. The van der Waals surface area contributed by atoms with Gasteiger partial charge in [0, 0.05) is 17.2 Å². The first-order valence-electron chi connectivity index (χ1n) is 7.44. The van der Waals surface area contributed by atoms with E-state index in [-0.39, 0.29) is 17.7 Å². The van der Waals surface area contributed by atoms with E-state index >= 15 is 0 Å². The van der Waals surface area contributed by atoms with Gasteiger partial charge in [-0.3, -0.25) is 9.59 Å². The number of furan rings is 1. The Morgan fingerprint density at radius 3 is 2.73 bits per heavy atom. The summed E-state index contributed by atoms with van der Waals surface area (Å²) in [6.45, 7) is 0.338. The highest BCUT2D eigenvalue weighted by Gasteiger charge is 2.25. The molecule has 2 amide bonds.